The predicted molar refractivity (Wildman–Crippen MR) is 137 cm³/mol. The molecule has 35 heavy (non-hydrogen) atoms. The van der Waals surface area contributed by atoms with Gasteiger partial charge >= 0.3 is 0 Å². The molecule has 0 aliphatic carbocycles. The van der Waals surface area contributed by atoms with Crippen LogP contribution < -0.4 is 15.6 Å². The molecule has 184 valence electrons. The van der Waals surface area contributed by atoms with Crippen LogP contribution in [0.15, 0.2) is 58.3 Å². The van der Waals surface area contributed by atoms with Crippen molar-refractivity contribution in [3.63, 3.8) is 0 Å². The molecule has 0 atom stereocenters. The lowest BCUT2D eigenvalue weighted by atomic mass is 9.80. The highest BCUT2D eigenvalue weighted by atomic mass is 16.6. The Kier molecular flexibility index (Phi) is 6.38. The van der Waals surface area contributed by atoms with E-state index in [9.17, 15) is 14.9 Å². The number of nitrogens with zero attached hydrogens (tertiary/aromatic N) is 3. The maximum Gasteiger partial charge on any atom is 0.280 e. The summed E-state index contributed by atoms with van der Waals surface area (Å²) >= 11 is 0. The average Bonchev–Trinajstić information content (AvgIpc) is 3.12. The molecule has 1 aliphatic rings. The van der Waals surface area contributed by atoms with Crippen molar-refractivity contribution in [1.29, 1.82) is 0 Å². The van der Waals surface area contributed by atoms with Gasteiger partial charge in [-0.25, -0.2) is 4.68 Å². The number of piperidine rings is 1. The normalized spacial score (nSPS) is 17.5. The number of nitro groups is 1. The number of nitrogens with one attached hydrogen (secondary N) is 2. The van der Waals surface area contributed by atoms with E-state index in [0.717, 1.165) is 18.4 Å². The van der Waals surface area contributed by atoms with E-state index in [1.54, 1.807) is 25.5 Å². The third kappa shape index (κ3) is 5.35. The Labute approximate surface area is 204 Å². The molecule has 4 rings (SSSR count). The van der Waals surface area contributed by atoms with Gasteiger partial charge in [0.1, 0.15) is 5.75 Å². The van der Waals surface area contributed by atoms with Gasteiger partial charge in [0.05, 0.1) is 35.0 Å². The van der Waals surface area contributed by atoms with Gasteiger partial charge in [-0.05, 0) is 76.9 Å². The predicted octanol–water partition coefficient (Wildman–Crippen LogP) is 4.48. The Bertz CT molecular complexity index is 1290. The van der Waals surface area contributed by atoms with Gasteiger partial charge < -0.3 is 10.1 Å². The largest absolute Gasteiger partial charge is 0.497 e. The summed E-state index contributed by atoms with van der Waals surface area (Å²) in [5.74, 6) is 0.709. The molecule has 0 bridgehead atoms. The van der Waals surface area contributed by atoms with Gasteiger partial charge in [0, 0.05) is 35.0 Å². The van der Waals surface area contributed by atoms with E-state index in [0.29, 0.717) is 22.7 Å². The van der Waals surface area contributed by atoms with Crippen molar-refractivity contribution in [2.45, 2.75) is 57.7 Å². The van der Waals surface area contributed by atoms with Crippen LogP contribution in [0, 0.1) is 10.1 Å². The Morgan fingerprint density at radius 2 is 1.66 bits per heavy atom. The Morgan fingerprint density at radius 3 is 2.20 bits per heavy atom. The van der Waals surface area contributed by atoms with E-state index in [4.69, 9.17) is 9.73 Å². The summed E-state index contributed by atoms with van der Waals surface area (Å²) in [5, 5.41) is 17.9. The highest BCUT2D eigenvalue weighted by Crippen LogP contribution is 2.31. The van der Waals surface area contributed by atoms with Crippen molar-refractivity contribution in [1.82, 2.24) is 15.1 Å². The molecule has 0 spiro atoms. The van der Waals surface area contributed by atoms with Crippen LogP contribution in [0.4, 0.5) is 5.69 Å². The minimum Gasteiger partial charge on any atom is -0.497 e. The molecule has 1 saturated heterocycles. The van der Waals surface area contributed by atoms with Gasteiger partial charge in [-0.15, -0.1) is 0 Å². The Balaban J connectivity index is 1.77. The molecule has 0 amide bonds. The maximum atomic E-state index is 13.5. The first-order valence-electron chi connectivity index (χ1n) is 11.5. The fourth-order valence-electron chi connectivity index (χ4n) is 5.01. The first-order valence-corrected chi connectivity index (χ1v) is 11.5. The number of ether oxygens (including phenoxy) is 1. The molecule has 0 radical (unpaired) electrons. The van der Waals surface area contributed by atoms with Gasteiger partial charge in [-0.2, -0.15) is 0 Å². The SMILES string of the molecule is COc1ccc(-c2[nH]n(-c3ccc([N+](=O)[O-])cc3)c(=O)c2C=NC2CC(C)(C)NC(C)(C)C2)cc1. The van der Waals surface area contributed by atoms with Crippen molar-refractivity contribution in [3.05, 3.63) is 74.6 Å². The molecule has 1 aliphatic heterocycles. The zero-order valence-corrected chi connectivity index (χ0v) is 20.7. The number of methoxy groups -OCH3 is 1. The number of benzene rings is 2. The smallest absolute Gasteiger partial charge is 0.280 e. The Hall–Kier alpha value is -3.72. The number of H-pyrrole nitrogens is 1. The molecule has 9 nitrogen and oxygen atoms in total. The summed E-state index contributed by atoms with van der Waals surface area (Å²) in [6.45, 7) is 8.66. The first kappa shape index (κ1) is 24.4. The van der Waals surface area contributed by atoms with Crippen molar-refractivity contribution >= 4 is 11.9 Å². The summed E-state index contributed by atoms with van der Waals surface area (Å²) < 4.78 is 6.66. The van der Waals surface area contributed by atoms with Gasteiger partial charge in [0.2, 0.25) is 0 Å². The molecule has 9 heteroatoms. The molecular weight excluding hydrogens is 446 g/mol. The number of nitro benzene ring substituents is 1. The van der Waals surface area contributed by atoms with E-state index in [2.05, 4.69) is 38.1 Å². The molecule has 1 aromatic heterocycles. The lowest BCUT2D eigenvalue weighted by Gasteiger charge is -2.45. The minimum absolute atomic E-state index is 0.0401. The first-order chi connectivity index (χ1) is 16.5. The highest BCUT2D eigenvalue weighted by molar-refractivity contribution is 5.89. The highest BCUT2D eigenvalue weighted by Gasteiger charge is 2.37. The monoisotopic (exact) mass is 477 g/mol. The Morgan fingerprint density at radius 1 is 1.06 bits per heavy atom. The van der Waals surface area contributed by atoms with Crippen molar-refractivity contribution in [2.24, 2.45) is 4.99 Å². The average molecular weight is 478 g/mol. The fourth-order valence-corrected chi connectivity index (χ4v) is 5.01. The van der Waals surface area contributed by atoms with E-state index in [1.165, 1.54) is 16.8 Å². The molecule has 2 aromatic carbocycles. The van der Waals surface area contributed by atoms with Gasteiger partial charge in [0.15, 0.2) is 0 Å². The molecule has 3 aromatic rings. The lowest BCUT2D eigenvalue weighted by molar-refractivity contribution is -0.384. The number of aromatic amines is 1. The van der Waals surface area contributed by atoms with Crippen LogP contribution in [-0.2, 0) is 0 Å². The second-order valence-corrected chi connectivity index (χ2v) is 10.3. The quantitative estimate of drug-likeness (QED) is 0.309. The standard InChI is InChI=1S/C26H31N5O4/c1-25(2)14-18(15-26(3,4)29-25)27-16-22-23(17-6-12-21(35-5)13-7-17)28-30(24(22)32)19-8-10-20(11-9-19)31(33)34/h6-13,16,18,28-29H,14-15H2,1-5H3. The summed E-state index contributed by atoms with van der Waals surface area (Å²) in [6.07, 6.45) is 3.37. The number of hydrogen-bond donors (Lipinski definition) is 2. The van der Waals surface area contributed by atoms with E-state index in [-0.39, 0.29) is 28.4 Å². The van der Waals surface area contributed by atoms with E-state index >= 15 is 0 Å². The third-order valence-corrected chi connectivity index (χ3v) is 6.21. The topological polar surface area (TPSA) is 115 Å². The molecule has 0 unspecified atom stereocenters. The number of aromatic nitrogens is 2. The number of hydrogen-bond acceptors (Lipinski definition) is 6. The van der Waals surface area contributed by atoms with Crippen LogP contribution in [-0.4, -0.2) is 45.1 Å². The molecule has 1 fully saturated rings. The zero-order valence-electron chi connectivity index (χ0n) is 20.7. The zero-order chi connectivity index (χ0) is 25.4. The summed E-state index contributed by atoms with van der Waals surface area (Å²) in [5.41, 5.74) is 1.90. The molecular formula is C26H31N5O4. The third-order valence-electron chi connectivity index (χ3n) is 6.21. The summed E-state index contributed by atoms with van der Waals surface area (Å²) in [6, 6.07) is 13.3. The number of aliphatic imine (C=N–C) groups is 1. The van der Waals surface area contributed by atoms with E-state index in [1.807, 2.05) is 24.3 Å². The van der Waals surface area contributed by atoms with Gasteiger partial charge in [-0.3, -0.25) is 25.0 Å². The van der Waals surface area contributed by atoms with Crippen LogP contribution in [0.2, 0.25) is 0 Å². The van der Waals surface area contributed by atoms with E-state index < -0.39 is 4.92 Å². The molecule has 2 N–H and O–H groups in total. The van der Waals surface area contributed by atoms with Crippen molar-refractivity contribution < 1.29 is 9.66 Å². The fraction of sp³-hybridized carbons (Fsp3) is 0.385. The lowest BCUT2D eigenvalue weighted by Crippen LogP contribution is -2.58. The number of rotatable bonds is 6. The molecule has 0 saturated carbocycles. The van der Waals surface area contributed by atoms with Crippen LogP contribution in [0.3, 0.4) is 0 Å². The van der Waals surface area contributed by atoms with Crippen molar-refractivity contribution in [2.75, 3.05) is 7.11 Å². The van der Waals surface area contributed by atoms with Gasteiger partial charge in [0.25, 0.3) is 11.2 Å². The second kappa shape index (κ2) is 9.14. The van der Waals surface area contributed by atoms with Crippen LogP contribution in [0.5, 0.6) is 5.75 Å². The number of non-ortho nitro benzene ring substituents is 1. The maximum absolute atomic E-state index is 13.5. The summed E-state index contributed by atoms with van der Waals surface area (Å²) in [4.78, 5) is 28.9. The van der Waals surface area contributed by atoms with Crippen LogP contribution in [0.1, 0.15) is 46.1 Å². The second-order valence-electron chi connectivity index (χ2n) is 10.3. The summed E-state index contributed by atoms with van der Waals surface area (Å²) in [7, 11) is 1.60. The van der Waals surface area contributed by atoms with Crippen LogP contribution >= 0.6 is 0 Å². The molecule has 2 heterocycles. The van der Waals surface area contributed by atoms with Gasteiger partial charge in [-0.1, -0.05) is 0 Å². The van der Waals surface area contributed by atoms with Crippen molar-refractivity contribution in [3.8, 4) is 22.7 Å². The van der Waals surface area contributed by atoms with Crippen LogP contribution in [0.25, 0.3) is 16.9 Å². The minimum atomic E-state index is -0.468.